The lowest BCUT2D eigenvalue weighted by molar-refractivity contribution is -0.138. The van der Waals surface area contributed by atoms with Crippen LogP contribution < -0.4 is 5.32 Å². The molecule has 0 spiro atoms. The molecule has 24 heavy (non-hydrogen) atoms. The van der Waals surface area contributed by atoms with Gasteiger partial charge in [0.2, 0.25) is 5.91 Å². The fourth-order valence-electron chi connectivity index (χ4n) is 6.98. The summed E-state index contributed by atoms with van der Waals surface area (Å²) in [5.41, 5.74) is 0.331. The number of hydrogen-bond acceptors (Lipinski definition) is 3. The van der Waals surface area contributed by atoms with E-state index >= 15 is 0 Å². The Morgan fingerprint density at radius 1 is 1.21 bits per heavy atom. The summed E-state index contributed by atoms with van der Waals surface area (Å²) in [6, 6.07) is 0.242. The van der Waals surface area contributed by atoms with Crippen LogP contribution >= 0.6 is 11.8 Å². The first-order valence-corrected chi connectivity index (χ1v) is 10.7. The summed E-state index contributed by atoms with van der Waals surface area (Å²) in [4.78, 5) is 26.5. The molecule has 0 radical (unpaired) electrons. The van der Waals surface area contributed by atoms with E-state index in [0.717, 1.165) is 30.1 Å². The quantitative estimate of drug-likeness (QED) is 0.853. The Balaban J connectivity index is 1.35. The van der Waals surface area contributed by atoms with E-state index in [4.69, 9.17) is 0 Å². The third-order valence-electron chi connectivity index (χ3n) is 7.78. The van der Waals surface area contributed by atoms with Crippen molar-refractivity contribution in [1.29, 1.82) is 0 Å². The smallest absolute Gasteiger partial charge is 0.256 e. The zero-order valence-electron chi connectivity index (χ0n) is 14.6. The van der Waals surface area contributed by atoms with E-state index in [1.54, 1.807) is 11.8 Å². The zero-order valence-corrected chi connectivity index (χ0v) is 15.4. The molecular formula is C19H28N2O2S. The van der Waals surface area contributed by atoms with Gasteiger partial charge in [-0.25, -0.2) is 0 Å². The van der Waals surface area contributed by atoms with Crippen molar-refractivity contribution < 1.29 is 9.59 Å². The summed E-state index contributed by atoms with van der Waals surface area (Å²) in [6.07, 6.45) is 9.45. The van der Waals surface area contributed by atoms with Crippen LogP contribution in [0, 0.1) is 23.2 Å². The monoisotopic (exact) mass is 348 g/mol. The van der Waals surface area contributed by atoms with Gasteiger partial charge in [-0.05, 0) is 75.0 Å². The number of nitrogens with zero attached hydrogens (tertiary/aromatic N) is 1. The SMILES string of the molecule is C[C@@H](NC(=O)[C@@]12CCC(=O)N1CCS2)C12CC3CC(CC(C3)C1)C2. The summed E-state index contributed by atoms with van der Waals surface area (Å²) in [5.74, 6) is 3.87. The Hall–Kier alpha value is -0.710. The molecule has 0 aromatic rings. The Labute approximate surface area is 148 Å². The van der Waals surface area contributed by atoms with E-state index in [1.165, 1.54) is 38.5 Å². The molecule has 5 heteroatoms. The van der Waals surface area contributed by atoms with Crippen molar-refractivity contribution in [2.24, 2.45) is 23.2 Å². The van der Waals surface area contributed by atoms with E-state index < -0.39 is 4.87 Å². The molecule has 2 atom stereocenters. The van der Waals surface area contributed by atoms with Crippen molar-refractivity contribution in [3.8, 4) is 0 Å². The van der Waals surface area contributed by atoms with Gasteiger partial charge in [-0.15, -0.1) is 11.8 Å². The predicted octanol–water partition coefficient (Wildman–Crippen LogP) is 2.77. The Bertz CT molecular complexity index is 557. The van der Waals surface area contributed by atoms with E-state index in [0.29, 0.717) is 18.3 Å². The third-order valence-corrected chi connectivity index (χ3v) is 9.25. The highest BCUT2D eigenvalue weighted by molar-refractivity contribution is 8.01. The van der Waals surface area contributed by atoms with Crippen LogP contribution in [0.3, 0.4) is 0 Å². The largest absolute Gasteiger partial charge is 0.350 e. The molecule has 0 aromatic carbocycles. The first kappa shape index (κ1) is 15.5. The summed E-state index contributed by atoms with van der Waals surface area (Å²) in [6.45, 7) is 2.98. The van der Waals surface area contributed by atoms with Gasteiger partial charge in [0.25, 0.3) is 5.91 Å². The molecule has 132 valence electrons. The lowest BCUT2D eigenvalue weighted by Gasteiger charge is -2.59. The molecule has 2 amide bonds. The van der Waals surface area contributed by atoms with Crippen LogP contribution in [0.15, 0.2) is 0 Å². The van der Waals surface area contributed by atoms with Crippen LogP contribution in [-0.4, -0.2) is 39.9 Å². The molecule has 2 heterocycles. The fraction of sp³-hybridized carbons (Fsp3) is 0.895. The molecule has 6 rings (SSSR count). The fourth-order valence-corrected chi connectivity index (χ4v) is 8.38. The first-order chi connectivity index (χ1) is 11.5. The van der Waals surface area contributed by atoms with Crippen molar-refractivity contribution in [3.05, 3.63) is 0 Å². The van der Waals surface area contributed by atoms with E-state index in [-0.39, 0.29) is 17.9 Å². The number of hydrogen-bond donors (Lipinski definition) is 1. The minimum absolute atomic E-state index is 0.110. The second-order valence-corrected chi connectivity index (χ2v) is 10.5. The van der Waals surface area contributed by atoms with Crippen molar-refractivity contribution in [3.63, 3.8) is 0 Å². The summed E-state index contributed by atoms with van der Waals surface area (Å²) in [5, 5.41) is 3.41. The van der Waals surface area contributed by atoms with Crippen LogP contribution in [0.1, 0.15) is 58.3 Å². The number of rotatable bonds is 3. The van der Waals surface area contributed by atoms with Gasteiger partial charge in [0.1, 0.15) is 0 Å². The van der Waals surface area contributed by atoms with Gasteiger partial charge in [0.15, 0.2) is 4.87 Å². The third kappa shape index (κ3) is 2.06. The average molecular weight is 349 g/mol. The molecule has 6 fully saturated rings. The van der Waals surface area contributed by atoms with Gasteiger partial charge in [-0.3, -0.25) is 9.59 Å². The first-order valence-electron chi connectivity index (χ1n) is 9.76. The zero-order chi connectivity index (χ0) is 16.5. The standard InChI is InChI=1S/C19H28N2O2S/c1-12(18-9-13-6-14(10-18)8-15(7-13)11-18)20-17(23)19-3-2-16(22)21(19)4-5-24-19/h12-15H,2-11H2,1H3,(H,20,23)/t12-,13?,14?,15?,18?,19+/m1/s1. The molecule has 4 nitrogen and oxygen atoms in total. The highest BCUT2D eigenvalue weighted by Gasteiger charge is 2.57. The predicted molar refractivity (Wildman–Crippen MR) is 94.3 cm³/mol. The molecule has 2 saturated heterocycles. The topological polar surface area (TPSA) is 49.4 Å². The van der Waals surface area contributed by atoms with Crippen molar-refractivity contribution in [2.75, 3.05) is 12.3 Å². The second-order valence-electron chi connectivity index (χ2n) is 9.15. The normalized spacial score (nSPS) is 47.1. The Kier molecular flexibility index (Phi) is 3.33. The van der Waals surface area contributed by atoms with E-state index in [2.05, 4.69) is 12.2 Å². The molecule has 2 aliphatic heterocycles. The average Bonchev–Trinajstić information content (AvgIpc) is 3.08. The van der Waals surface area contributed by atoms with Crippen LogP contribution in [-0.2, 0) is 9.59 Å². The maximum absolute atomic E-state index is 13.2. The van der Waals surface area contributed by atoms with Gasteiger partial charge in [-0.2, -0.15) is 0 Å². The van der Waals surface area contributed by atoms with E-state index in [1.807, 2.05) is 4.90 Å². The molecule has 4 saturated carbocycles. The number of fused-ring (bicyclic) bond motifs is 1. The molecule has 4 bridgehead atoms. The summed E-state index contributed by atoms with van der Waals surface area (Å²) in [7, 11) is 0. The molecule has 1 N–H and O–H groups in total. The Morgan fingerprint density at radius 3 is 2.46 bits per heavy atom. The van der Waals surface area contributed by atoms with E-state index in [9.17, 15) is 9.59 Å². The second kappa shape index (κ2) is 5.15. The van der Waals surface area contributed by atoms with Gasteiger partial charge in [0.05, 0.1) is 0 Å². The summed E-state index contributed by atoms with van der Waals surface area (Å²) < 4.78 is 0. The number of amides is 2. The molecule has 0 aromatic heterocycles. The maximum atomic E-state index is 13.2. The summed E-state index contributed by atoms with van der Waals surface area (Å²) >= 11 is 1.68. The molecular weight excluding hydrogens is 320 g/mol. The lowest BCUT2D eigenvalue weighted by atomic mass is 9.48. The molecule has 0 unspecified atom stereocenters. The maximum Gasteiger partial charge on any atom is 0.256 e. The molecule has 6 aliphatic rings. The number of carbonyl (C=O) groups excluding carboxylic acids is 2. The Morgan fingerprint density at radius 2 is 1.83 bits per heavy atom. The van der Waals surface area contributed by atoms with Crippen LogP contribution in [0.25, 0.3) is 0 Å². The number of nitrogens with one attached hydrogen (secondary N) is 1. The minimum atomic E-state index is -0.590. The van der Waals surface area contributed by atoms with Gasteiger partial charge in [0, 0.05) is 24.8 Å². The van der Waals surface area contributed by atoms with Crippen molar-refractivity contribution in [1.82, 2.24) is 10.2 Å². The van der Waals surface area contributed by atoms with Crippen LogP contribution in [0.2, 0.25) is 0 Å². The van der Waals surface area contributed by atoms with Crippen LogP contribution in [0.4, 0.5) is 0 Å². The van der Waals surface area contributed by atoms with Gasteiger partial charge < -0.3 is 10.2 Å². The van der Waals surface area contributed by atoms with Crippen molar-refractivity contribution in [2.45, 2.75) is 69.2 Å². The van der Waals surface area contributed by atoms with Gasteiger partial charge >= 0.3 is 0 Å². The van der Waals surface area contributed by atoms with Crippen molar-refractivity contribution >= 4 is 23.6 Å². The minimum Gasteiger partial charge on any atom is -0.350 e. The lowest BCUT2D eigenvalue weighted by Crippen LogP contribution is -2.60. The number of thioether (sulfide) groups is 1. The van der Waals surface area contributed by atoms with Gasteiger partial charge in [-0.1, -0.05) is 0 Å². The van der Waals surface area contributed by atoms with Crippen LogP contribution in [0.5, 0.6) is 0 Å². The highest BCUT2D eigenvalue weighted by Crippen LogP contribution is 2.61. The number of carbonyl (C=O) groups is 2. The molecule has 4 aliphatic carbocycles. The highest BCUT2D eigenvalue weighted by atomic mass is 32.2.